The number of aromatic nitrogens is 2. The predicted molar refractivity (Wildman–Crippen MR) is 112 cm³/mol. The molecule has 6 nitrogen and oxygen atoms in total. The van der Waals surface area contributed by atoms with Crippen LogP contribution in [0.1, 0.15) is 29.8 Å². The third kappa shape index (κ3) is 5.14. The second-order valence-corrected chi connectivity index (χ2v) is 6.95. The Morgan fingerprint density at radius 3 is 2.59 bits per heavy atom. The average molecular weight is 462 g/mol. The van der Waals surface area contributed by atoms with Crippen molar-refractivity contribution in [3.8, 4) is 11.5 Å². The predicted octanol–water partition coefficient (Wildman–Crippen LogP) is 4.88. The average Bonchev–Trinajstić information content (AvgIpc) is 3.04. The van der Waals surface area contributed by atoms with Gasteiger partial charge >= 0.3 is 0 Å². The van der Waals surface area contributed by atoms with E-state index in [2.05, 4.69) is 26.3 Å². The highest BCUT2D eigenvalue weighted by atomic mass is 79.9. The number of carbonyl (C=O) groups excluding carboxylic acids is 1. The first-order chi connectivity index (χ1) is 14.0. The molecule has 2 aromatic carbocycles. The molecule has 0 saturated carbocycles. The van der Waals surface area contributed by atoms with E-state index >= 15 is 0 Å². The van der Waals surface area contributed by atoms with Gasteiger partial charge in [0.2, 0.25) is 0 Å². The fraction of sp³-hybridized carbons (Fsp3) is 0.238. The number of nitrogens with one attached hydrogen (secondary N) is 1. The number of rotatable bonds is 8. The van der Waals surface area contributed by atoms with Crippen LogP contribution in [0.25, 0.3) is 0 Å². The van der Waals surface area contributed by atoms with Gasteiger partial charge in [0, 0.05) is 17.3 Å². The summed E-state index contributed by atoms with van der Waals surface area (Å²) in [5.74, 6) is 0.791. The molecule has 8 heteroatoms. The molecule has 0 spiro atoms. The van der Waals surface area contributed by atoms with Crippen molar-refractivity contribution in [2.45, 2.75) is 20.4 Å². The van der Waals surface area contributed by atoms with Crippen molar-refractivity contribution in [2.24, 2.45) is 0 Å². The third-order valence-corrected chi connectivity index (χ3v) is 4.63. The number of benzene rings is 2. The van der Waals surface area contributed by atoms with Gasteiger partial charge in [-0.15, -0.1) is 0 Å². The molecule has 0 atom stereocenters. The molecule has 152 valence electrons. The van der Waals surface area contributed by atoms with Crippen LogP contribution in [0.3, 0.4) is 0 Å². The van der Waals surface area contributed by atoms with Crippen LogP contribution in [0.15, 0.2) is 53.1 Å². The Balaban J connectivity index is 1.76. The quantitative estimate of drug-likeness (QED) is 0.518. The fourth-order valence-corrected chi connectivity index (χ4v) is 3.15. The van der Waals surface area contributed by atoms with E-state index in [0.29, 0.717) is 46.1 Å². The number of hydrogen-bond donors (Lipinski definition) is 1. The topological polar surface area (TPSA) is 65.4 Å². The van der Waals surface area contributed by atoms with Gasteiger partial charge in [0.25, 0.3) is 5.91 Å². The van der Waals surface area contributed by atoms with Gasteiger partial charge in [-0.2, -0.15) is 5.10 Å². The van der Waals surface area contributed by atoms with Gasteiger partial charge in [-0.1, -0.05) is 18.2 Å². The molecule has 0 aliphatic heterocycles. The number of halogens is 2. The SMILES string of the molecule is CCOc1ccc(C(=O)Nc2nn(Cc3ccccc3F)cc2Br)cc1OCC. The van der Waals surface area contributed by atoms with Crippen LogP contribution in [0.2, 0.25) is 0 Å². The Kier molecular flexibility index (Phi) is 6.87. The zero-order valence-corrected chi connectivity index (χ0v) is 17.7. The number of ether oxygens (including phenoxy) is 2. The Morgan fingerprint density at radius 1 is 1.14 bits per heavy atom. The van der Waals surface area contributed by atoms with Crippen LogP contribution in [0.4, 0.5) is 10.2 Å². The molecule has 0 aliphatic carbocycles. The number of nitrogens with zero attached hydrogens (tertiary/aromatic N) is 2. The Hall–Kier alpha value is -2.87. The summed E-state index contributed by atoms with van der Waals surface area (Å²) in [6.07, 6.45) is 1.69. The molecule has 3 rings (SSSR count). The minimum absolute atomic E-state index is 0.249. The third-order valence-electron chi connectivity index (χ3n) is 4.04. The Bertz CT molecular complexity index is 1010. The second kappa shape index (κ2) is 9.56. The minimum Gasteiger partial charge on any atom is -0.490 e. The number of hydrogen-bond acceptors (Lipinski definition) is 4. The molecule has 1 heterocycles. The van der Waals surface area contributed by atoms with Crippen LogP contribution >= 0.6 is 15.9 Å². The summed E-state index contributed by atoms with van der Waals surface area (Å²) in [5.41, 5.74) is 0.917. The van der Waals surface area contributed by atoms with Crippen LogP contribution < -0.4 is 14.8 Å². The van der Waals surface area contributed by atoms with Gasteiger partial charge in [-0.3, -0.25) is 9.48 Å². The van der Waals surface area contributed by atoms with E-state index < -0.39 is 0 Å². The maximum Gasteiger partial charge on any atom is 0.257 e. The van der Waals surface area contributed by atoms with Crippen LogP contribution in [-0.2, 0) is 6.54 Å². The number of anilines is 1. The van der Waals surface area contributed by atoms with E-state index in [1.165, 1.54) is 6.07 Å². The molecule has 3 aromatic rings. The first-order valence-electron chi connectivity index (χ1n) is 9.19. The second-order valence-electron chi connectivity index (χ2n) is 6.10. The van der Waals surface area contributed by atoms with Crippen molar-refractivity contribution in [3.63, 3.8) is 0 Å². The van der Waals surface area contributed by atoms with Crippen LogP contribution in [0, 0.1) is 5.82 Å². The van der Waals surface area contributed by atoms with Gasteiger partial charge in [0.05, 0.1) is 24.2 Å². The van der Waals surface area contributed by atoms with E-state index in [1.807, 2.05) is 13.8 Å². The van der Waals surface area contributed by atoms with E-state index in [1.54, 1.807) is 47.3 Å². The maximum absolute atomic E-state index is 13.9. The van der Waals surface area contributed by atoms with E-state index in [9.17, 15) is 9.18 Å². The van der Waals surface area contributed by atoms with E-state index in [0.717, 1.165) is 0 Å². The van der Waals surface area contributed by atoms with Crippen molar-refractivity contribution in [2.75, 3.05) is 18.5 Å². The highest BCUT2D eigenvalue weighted by Crippen LogP contribution is 2.29. The highest BCUT2D eigenvalue weighted by molar-refractivity contribution is 9.10. The number of carbonyl (C=O) groups is 1. The van der Waals surface area contributed by atoms with Gasteiger partial charge in [0.15, 0.2) is 17.3 Å². The summed E-state index contributed by atoms with van der Waals surface area (Å²) >= 11 is 3.39. The first-order valence-corrected chi connectivity index (χ1v) is 9.98. The summed E-state index contributed by atoms with van der Waals surface area (Å²) in [7, 11) is 0. The lowest BCUT2D eigenvalue weighted by atomic mass is 10.2. The summed E-state index contributed by atoms with van der Waals surface area (Å²) < 4.78 is 27.1. The van der Waals surface area contributed by atoms with Crippen molar-refractivity contribution in [1.82, 2.24) is 9.78 Å². The molecule has 0 radical (unpaired) electrons. The zero-order chi connectivity index (χ0) is 20.8. The van der Waals surface area contributed by atoms with E-state index in [4.69, 9.17) is 9.47 Å². The summed E-state index contributed by atoms with van der Waals surface area (Å²) in [6.45, 7) is 4.95. The fourth-order valence-electron chi connectivity index (χ4n) is 2.74. The molecule has 0 fully saturated rings. The molecule has 0 bridgehead atoms. The Morgan fingerprint density at radius 2 is 1.86 bits per heavy atom. The largest absolute Gasteiger partial charge is 0.490 e. The standard InChI is InChI=1S/C21H21BrFN3O3/c1-3-28-18-10-9-14(11-19(18)29-4-2)21(27)24-20-16(22)13-26(25-20)12-15-7-5-6-8-17(15)23/h5-11,13H,3-4,12H2,1-2H3,(H,24,25,27). The lowest BCUT2D eigenvalue weighted by molar-refractivity contribution is 0.102. The highest BCUT2D eigenvalue weighted by Gasteiger charge is 2.15. The van der Waals surface area contributed by atoms with Crippen molar-refractivity contribution in [3.05, 3.63) is 70.1 Å². The molecule has 1 aromatic heterocycles. The molecule has 1 amide bonds. The van der Waals surface area contributed by atoms with Crippen LogP contribution in [-0.4, -0.2) is 28.9 Å². The molecule has 29 heavy (non-hydrogen) atoms. The summed E-state index contributed by atoms with van der Waals surface area (Å²) in [4.78, 5) is 12.7. The van der Waals surface area contributed by atoms with Gasteiger partial charge in [-0.05, 0) is 54.0 Å². The normalized spacial score (nSPS) is 10.6. The number of amides is 1. The van der Waals surface area contributed by atoms with Gasteiger partial charge in [0.1, 0.15) is 5.82 Å². The molecular formula is C21H21BrFN3O3. The maximum atomic E-state index is 13.9. The lowest BCUT2D eigenvalue weighted by Gasteiger charge is -2.12. The summed E-state index contributed by atoms with van der Waals surface area (Å²) in [6, 6.07) is 11.5. The van der Waals surface area contributed by atoms with Crippen LogP contribution in [0.5, 0.6) is 11.5 Å². The van der Waals surface area contributed by atoms with Gasteiger partial charge < -0.3 is 14.8 Å². The Labute approximate surface area is 176 Å². The monoisotopic (exact) mass is 461 g/mol. The first kappa shape index (κ1) is 20.9. The minimum atomic E-state index is -0.342. The molecular weight excluding hydrogens is 441 g/mol. The lowest BCUT2D eigenvalue weighted by Crippen LogP contribution is -2.14. The van der Waals surface area contributed by atoms with Crippen molar-refractivity contribution in [1.29, 1.82) is 0 Å². The smallest absolute Gasteiger partial charge is 0.257 e. The van der Waals surface area contributed by atoms with Crippen molar-refractivity contribution < 1.29 is 18.7 Å². The molecule has 0 unspecified atom stereocenters. The molecule has 0 aliphatic rings. The van der Waals surface area contributed by atoms with Gasteiger partial charge in [-0.25, -0.2) is 4.39 Å². The zero-order valence-electron chi connectivity index (χ0n) is 16.1. The van der Waals surface area contributed by atoms with Crippen molar-refractivity contribution >= 4 is 27.7 Å². The molecule has 0 saturated heterocycles. The van der Waals surface area contributed by atoms with E-state index in [-0.39, 0.29) is 18.3 Å². The summed E-state index contributed by atoms with van der Waals surface area (Å²) in [5, 5.41) is 7.09. The molecule has 1 N–H and O–H groups in total.